The minimum atomic E-state index is -1.55. The van der Waals surface area contributed by atoms with Gasteiger partial charge in [0.1, 0.15) is 11.5 Å². The summed E-state index contributed by atoms with van der Waals surface area (Å²) in [5.74, 6) is -0.468. The van der Waals surface area contributed by atoms with Crippen LogP contribution >= 0.6 is 0 Å². The van der Waals surface area contributed by atoms with Crippen LogP contribution in [-0.4, -0.2) is 6.04 Å². The first-order valence-electron chi connectivity index (χ1n) is 4.81. The molecule has 0 saturated heterocycles. The van der Waals surface area contributed by atoms with Gasteiger partial charge < -0.3 is 5.73 Å². The summed E-state index contributed by atoms with van der Waals surface area (Å²) in [6.07, 6.45) is 1.19. The van der Waals surface area contributed by atoms with Gasteiger partial charge in [0.25, 0.3) is 0 Å². The van der Waals surface area contributed by atoms with Crippen LogP contribution in [0.5, 0.6) is 0 Å². The van der Waals surface area contributed by atoms with Gasteiger partial charge in [-0.2, -0.15) is 0 Å². The Hall–Kier alpha value is -0.960. The van der Waals surface area contributed by atoms with Gasteiger partial charge in [-0.05, 0) is 18.9 Å². The van der Waals surface area contributed by atoms with E-state index >= 15 is 0 Å². The van der Waals surface area contributed by atoms with E-state index < -0.39 is 11.5 Å². The summed E-state index contributed by atoms with van der Waals surface area (Å²) in [6.45, 7) is 0. The van der Waals surface area contributed by atoms with Crippen LogP contribution in [0.15, 0.2) is 24.3 Å². The van der Waals surface area contributed by atoms with Crippen LogP contribution in [0, 0.1) is 5.82 Å². The molecule has 76 valence electrons. The summed E-state index contributed by atoms with van der Waals surface area (Å²) >= 11 is 0. The van der Waals surface area contributed by atoms with E-state index in [-0.39, 0.29) is 18.0 Å². The second kappa shape index (κ2) is 3.31. The summed E-state index contributed by atoms with van der Waals surface area (Å²) in [4.78, 5) is 0. The van der Waals surface area contributed by atoms with Crippen LogP contribution in [0.1, 0.15) is 24.8 Å². The van der Waals surface area contributed by atoms with Crippen molar-refractivity contribution in [1.82, 2.24) is 0 Å². The molecule has 2 N–H and O–H groups in total. The molecule has 1 nitrogen and oxygen atoms in total. The van der Waals surface area contributed by atoms with Crippen molar-refractivity contribution < 1.29 is 8.78 Å². The van der Waals surface area contributed by atoms with Crippen molar-refractivity contribution in [2.45, 2.75) is 31.0 Å². The van der Waals surface area contributed by atoms with Gasteiger partial charge in [-0.25, -0.2) is 8.78 Å². The molecule has 1 aromatic carbocycles. The van der Waals surface area contributed by atoms with E-state index in [1.54, 1.807) is 12.1 Å². The molecule has 0 aliphatic heterocycles. The highest BCUT2D eigenvalue weighted by Gasteiger charge is 2.41. The van der Waals surface area contributed by atoms with Crippen LogP contribution in [0.25, 0.3) is 0 Å². The van der Waals surface area contributed by atoms with Crippen molar-refractivity contribution in [3.8, 4) is 0 Å². The number of hydrogen-bond donors (Lipinski definition) is 1. The second-order valence-corrected chi connectivity index (χ2v) is 3.95. The standard InChI is InChI=1S/C11H13F2N/c12-10-4-2-1-3-9(10)11(13)6-5-8(14)7-11/h1-4,8H,5-7,14H2. The van der Waals surface area contributed by atoms with E-state index in [1.165, 1.54) is 12.1 Å². The van der Waals surface area contributed by atoms with Gasteiger partial charge in [-0.3, -0.25) is 0 Å². The molecule has 2 atom stereocenters. The Balaban J connectivity index is 2.35. The SMILES string of the molecule is NC1CCC(F)(c2ccccc2F)C1. The molecule has 1 aliphatic carbocycles. The van der Waals surface area contributed by atoms with Crippen LogP contribution in [0.4, 0.5) is 8.78 Å². The molecular weight excluding hydrogens is 184 g/mol. The highest BCUT2D eigenvalue weighted by Crippen LogP contribution is 2.42. The summed E-state index contributed by atoms with van der Waals surface area (Å²) in [6, 6.07) is 5.88. The number of hydrogen-bond acceptors (Lipinski definition) is 1. The Morgan fingerprint density at radius 3 is 2.64 bits per heavy atom. The summed E-state index contributed by atoms with van der Waals surface area (Å²) < 4.78 is 27.6. The van der Waals surface area contributed by atoms with E-state index in [4.69, 9.17) is 5.73 Å². The molecule has 14 heavy (non-hydrogen) atoms. The minimum Gasteiger partial charge on any atom is -0.328 e. The molecule has 2 rings (SSSR count). The van der Waals surface area contributed by atoms with E-state index in [1.807, 2.05) is 0 Å². The molecule has 0 aromatic heterocycles. The third kappa shape index (κ3) is 1.52. The maximum Gasteiger partial charge on any atom is 0.140 e. The van der Waals surface area contributed by atoms with Gasteiger partial charge >= 0.3 is 0 Å². The zero-order valence-electron chi connectivity index (χ0n) is 7.84. The zero-order chi connectivity index (χ0) is 10.2. The first-order chi connectivity index (χ1) is 6.62. The van der Waals surface area contributed by atoms with E-state index in [9.17, 15) is 8.78 Å². The lowest BCUT2D eigenvalue weighted by Crippen LogP contribution is -2.22. The van der Waals surface area contributed by atoms with Crippen LogP contribution in [0.2, 0.25) is 0 Å². The van der Waals surface area contributed by atoms with Gasteiger partial charge in [0.15, 0.2) is 0 Å². The van der Waals surface area contributed by atoms with Crippen molar-refractivity contribution in [3.05, 3.63) is 35.6 Å². The number of halogens is 2. The maximum absolute atomic E-state index is 14.2. The fourth-order valence-corrected chi connectivity index (χ4v) is 2.10. The highest BCUT2D eigenvalue weighted by atomic mass is 19.1. The normalized spacial score (nSPS) is 32.1. The summed E-state index contributed by atoms with van der Waals surface area (Å²) in [5.41, 5.74) is 4.24. The van der Waals surface area contributed by atoms with Crippen LogP contribution < -0.4 is 5.73 Å². The summed E-state index contributed by atoms with van der Waals surface area (Å²) in [7, 11) is 0. The second-order valence-electron chi connectivity index (χ2n) is 3.95. The van der Waals surface area contributed by atoms with Gasteiger partial charge in [0.05, 0.1) is 0 Å². The number of nitrogens with two attached hydrogens (primary N) is 1. The van der Waals surface area contributed by atoms with E-state index in [2.05, 4.69) is 0 Å². The Labute approximate surface area is 81.9 Å². The smallest absolute Gasteiger partial charge is 0.140 e. The van der Waals surface area contributed by atoms with Crippen LogP contribution in [0.3, 0.4) is 0 Å². The van der Waals surface area contributed by atoms with E-state index in [0.717, 1.165) is 0 Å². The van der Waals surface area contributed by atoms with Crippen molar-refractivity contribution >= 4 is 0 Å². The van der Waals surface area contributed by atoms with Crippen LogP contribution in [-0.2, 0) is 5.67 Å². The molecule has 0 radical (unpaired) electrons. The number of alkyl halides is 1. The molecule has 1 fully saturated rings. The molecule has 1 aromatic rings. The molecule has 3 heteroatoms. The third-order valence-corrected chi connectivity index (χ3v) is 2.85. The van der Waals surface area contributed by atoms with Gasteiger partial charge in [-0.15, -0.1) is 0 Å². The topological polar surface area (TPSA) is 26.0 Å². The van der Waals surface area contributed by atoms with Gasteiger partial charge in [0, 0.05) is 18.0 Å². The average Bonchev–Trinajstić information content (AvgIpc) is 2.48. The molecule has 2 unspecified atom stereocenters. The maximum atomic E-state index is 14.2. The predicted molar refractivity (Wildman–Crippen MR) is 51.0 cm³/mol. The predicted octanol–water partition coefficient (Wildman–Crippen LogP) is 2.50. The van der Waals surface area contributed by atoms with Crippen molar-refractivity contribution in [2.24, 2.45) is 5.73 Å². The monoisotopic (exact) mass is 197 g/mol. The lowest BCUT2D eigenvalue weighted by atomic mass is 9.93. The fraction of sp³-hybridized carbons (Fsp3) is 0.455. The van der Waals surface area contributed by atoms with Crippen molar-refractivity contribution in [2.75, 3.05) is 0 Å². The van der Waals surface area contributed by atoms with Gasteiger partial charge in [0.2, 0.25) is 0 Å². The Bertz CT molecular complexity index is 340. The molecule has 0 heterocycles. The molecule has 0 amide bonds. The zero-order valence-corrected chi connectivity index (χ0v) is 7.84. The van der Waals surface area contributed by atoms with Crippen molar-refractivity contribution in [1.29, 1.82) is 0 Å². The molecule has 1 saturated carbocycles. The largest absolute Gasteiger partial charge is 0.328 e. The molecule has 0 bridgehead atoms. The highest BCUT2D eigenvalue weighted by molar-refractivity contribution is 5.26. The Kier molecular flexibility index (Phi) is 2.27. The van der Waals surface area contributed by atoms with Gasteiger partial charge in [-0.1, -0.05) is 18.2 Å². The summed E-state index contributed by atoms with van der Waals surface area (Å²) in [5, 5.41) is 0. The molecule has 1 aliphatic rings. The number of rotatable bonds is 1. The Morgan fingerprint density at radius 1 is 1.36 bits per heavy atom. The first kappa shape index (κ1) is 9.59. The molecule has 0 spiro atoms. The Morgan fingerprint density at radius 2 is 2.07 bits per heavy atom. The quantitative estimate of drug-likeness (QED) is 0.735. The lowest BCUT2D eigenvalue weighted by Gasteiger charge is -2.20. The van der Waals surface area contributed by atoms with Crippen molar-refractivity contribution in [3.63, 3.8) is 0 Å². The molecular formula is C11H13F2N. The lowest BCUT2D eigenvalue weighted by molar-refractivity contribution is 0.166. The number of benzene rings is 1. The third-order valence-electron chi connectivity index (χ3n) is 2.85. The average molecular weight is 197 g/mol. The fourth-order valence-electron chi connectivity index (χ4n) is 2.10. The minimum absolute atomic E-state index is 0.139. The first-order valence-corrected chi connectivity index (χ1v) is 4.81. The van der Waals surface area contributed by atoms with E-state index in [0.29, 0.717) is 12.8 Å².